The van der Waals surface area contributed by atoms with Crippen LogP contribution in [0.1, 0.15) is 27.2 Å². The fourth-order valence-corrected chi connectivity index (χ4v) is 1.79. The molecule has 1 atom stereocenters. The van der Waals surface area contributed by atoms with Crippen molar-refractivity contribution < 1.29 is 9.47 Å². The van der Waals surface area contributed by atoms with E-state index in [9.17, 15) is 0 Å². The Bertz CT molecular complexity index is 284. The summed E-state index contributed by atoms with van der Waals surface area (Å²) in [6.07, 6.45) is 4.55. The third-order valence-corrected chi connectivity index (χ3v) is 2.60. The van der Waals surface area contributed by atoms with E-state index in [1.165, 1.54) is 0 Å². The lowest BCUT2D eigenvalue weighted by Crippen LogP contribution is -2.33. The number of hydrogen-bond donors (Lipinski definition) is 1. The molecule has 1 aromatic rings. The summed E-state index contributed by atoms with van der Waals surface area (Å²) in [5.41, 5.74) is 0. The summed E-state index contributed by atoms with van der Waals surface area (Å²) < 4.78 is 12.9. The molecule has 0 saturated heterocycles. The molecule has 104 valence electrons. The summed E-state index contributed by atoms with van der Waals surface area (Å²) >= 11 is 0. The lowest BCUT2D eigenvalue weighted by molar-refractivity contribution is -0.138. The molecule has 0 spiro atoms. The minimum Gasteiger partial charge on any atom is -0.353 e. The van der Waals surface area contributed by atoms with Gasteiger partial charge in [-0.2, -0.15) is 5.10 Å². The third-order valence-electron chi connectivity index (χ3n) is 2.60. The minimum absolute atomic E-state index is 0.0931. The standard InChI is InChI=1S/C13H25N3O2/c1-4-17-13(18-5-2)7-9-14-12(3)11-16-10-6-8-15-16/h6,8,10,12-14H,4-5,7,9,11H2,1-3H3. The summed E-state index contributed by atoms with van der Waals surface area (Å²) in [5.74, 6) is 0. The predicted octanol–water partition coefficient (Wildman–Crippen LogP) is 1.65. The number of ether oxygens (including phenoxy) is 2. The largest absolute Gasteiger partial charge is 0.353 e. The molecule has 1 N–H and O–H groups in total. The maximum atomic E-state index is 5.49. The molecule has 1 heterocycles. The van der Waals surface area contributed by atoms with Crippen LogP contribution in [0.4, 0.5) is 0 Å². The highest BCUT2D eigenvalue weighted by Crippen LogP contribution is 2.00. The summed E-state index contributed by atoms with van der Waals surface area (Å²) in [7, 11) is 0. The first-order chi connectivity index (χ1) is 8.76. The number of rotatable bonds is 10. The summed E-state index contributed by atoms with van der Waals surface area (Å²) in [6.45, 7) is 9.26. The maximum absolute atomic E-state index is 5.49. The van der Waals surface area contributed by atoms with Crippen LogP contribution in [0.5, 0.6) is 0 Å². The molecule has 18 heavy (non-hydrogen) atoms. The van der Waals surface area contributed by atoms with Crippen LogP contribution >= 0.6 is 0 Å². The molecule has 0 aliphatic carbocycles. The minimum atomic E-state index is -0.0931. The van der Waals surface area contributed by atoms with Crippen LogP contribution in [0.2, 0.25) is 0 Å². The zero-order valence-corrected chi connectivity index (χ0v) is 11.6. The van der Waals surface area contributed by atoms with Gasteiger partial charge in [0.05, 0.1) is 6.54 Å². The van der Waals surface area contributed by atoms with E-state index in [2.05, 4.69) is 17.3 Å². The third kappa shape index (κ3) is 6.14. The molecule has 1 aromatic heterocycles. The molecule has 0 aliphatic heterocycles. The molecule has 0 radical (unpaired) electrons. The van der Waals surface area contributed by atoms with Gasteiger partial charge < -0.3 is 14.8 Å². The molecule has 0 saturated carbocycles. The molecule has 0 aromatic carbocycles. The molecule has 1 rings (SSSR count). The highest BCUT2D eigenvalue weighted by molar-refractivity contribution is 4.79. The highest BCUT2D eigenvalue weighted by atomic mass is 16.7. The molecular weight excluding hydrogens is 230 g/mol. The van der Waals surface area contributed by atoms with Gasteiger partial charge in [-0.05, 0) is 26.8 Å². The number of aromatic nitrogens is 2. The molecule has 5 heteroatoms. The Kier molecular flexibility index (Phi) is 7.64. The van der Waals surface area contributed by atoms with Crippen molar-refractivity contribution >= 4 is 0 Å². The van der Waals surface area contributed by atoms with E-state index in [0.29, 0.717) is 19.3 Å². The van der Waals surface area contributed by atoms with Gasteiger partial charge in [-0.15, -0.1) is 0 Å². The fourth-order valence-electron chi connectivity index (χ4n) is 1.79. The SMILES string of the molecule is CCOC(CCNC(C)Cn1cccn1)OCC. The van der Waals surface area contributed by atoms with E-state index >= 15 is 0 Å². The number of hydrogen-bond acceptors (Lipinski definition) is 4. The second-order valence-corrected chi connectivity index (χ2v) is 4.21. The van der Waals surface area contributed by atoms with Crippen LogP contribution in [0, 0.1) is 0 Å². The zero-order chi connectivity index (χ0) is 13.2. The molecule has 0 fully saturated rings. The van der Waals surface area contributed by atoms with Crippen LogP contribution in [0.15, 0.2) is 18.5 Å². The summed E-state index contributed by atoms with van der Waals surface area (Å²) in [6, 6.07) is 2.32. The molecule has 0 amide bonds. The van der Waals surface area contributed by atoms with Crippen LogP contribution in [-0.2, 0) is 16.0 Å². The average molecular weight is 255 g/mol. The second-order valence-electron chi connectivity index (χ2n) is 4.21. The first-order valence-corrected chi connectivity index (χ1v) is 6.70. The van der Waals surface area contributed by atoms with E-state index in [4.69, 9.17) is 9.47 Å². The van der Waals surface area contributed by atoms with Crippen molar-refractivity contribution in [1.82, 2.24) is 15.1 Å². The van der Waals surface area contributed by atoms with Crippen LogP contribution in [0.3, 0.4) is 0 Å². The molecule has 0 aliphatic rings. The van der Waals surface area contributed by atoms with Gasteiger partial charge in [-0.1, -0.05) is 0 Å². The lowest BCUT2D eigenvalue weighted by Gasteiger charge is -2.19. The average Bonchev–Trinajstić information content (AvgIpc) is 2.82. The van der Waals surface area contributed by atoms with Crippen molar-refractivity contribution in [3.8, 4) is 0 Å². The van der Waals surface area contributed by atoms with Gasteiger partial charge in [0.25, 0.3) is 0 Å². The Balaban J connectivity index is 2.15. The predicted molar refractivity (Wildman–Crippen MR) is 71.3 cm³/mol. The zero-order valence-electron chi connectivity index (χ0n) is 11.6. The Morgan fingerprint density at radius 3 is 2.56 bits per heavy atom. The summed E-state index contributed by atoms with van der Waals surface area (Å²) in [5, 5.41) is 7.63. The van der Waals surface area contributed by atoms with E-state index in [-0.39, 0.29) is 6.29 Å². The second kappa shape index (κ2) is 9.08. The first-order valence-electron chi connectivity index (χ1n) is 6.70. The van der Waals surface area contributed by atoms with Gasteiger partial charge in [-0.3, -0.25) is 4.68 Å². The van der Waals surface area contributed by atoms with Gasteiger partial charge in [0.2, 0.25) is 0 Å². The number of nitrogens with zero attached hydrogens (tertiary/aromatic N) is 2. The monoisotopic (exact) mass is 255 g/mol. The van der Waals surface area contributed by atoms with Crippen molar-refractivity contribution in [2.75, 3.05) is 19.8 Å². The number of nitrogens with one attached hydrogen (secondary N) is 1. The molecular formula is C13H25N3O2. The Morgan fingerprint density at radius 1 is 1.28 bits per heavy atom. The Hall–Kier alpha value is -0.910. The molecule has 1 unspecified atom stereocenters. The maximum Gasteiger partial charge on any atom is 0.158 e. The van der Waals surface area contributed by atoms with E-state index < -0.39 is 0 Å². The van der Waals surface area contributed by atoms with Crippen LogP contribution < -0.4 is 5.32 Å². The van der Waals surface area contributed by atoms with E-state index in [1.807, 2.05) is 30.8 Å². The normalized spacial score (nSPS) is 13.1. The van der Waals surface area contributed by atoms with Crippen molar-refractivity contribution in [2.24, 2.45) is 0 Å². The lowest BCUT2D eigenvalue weighted by atomic mass is 10.3. The van der Waals surface area contributed by atoms with Crippen molar-refractivity contribution in [1.29, 1.82) is 0 Å². The Labute approximate surface area is 109 Å². The Morgan fingerprint density at radius 2 is 2.00 bits per heavy atom. The van der Waals surface area contributed by atoms with Crippen molar-refractivity contribution in [3.05, 3.63) is 18.5 Å². The van der Waals surface area contributed by atoms with Gasteiger partial charge in [0.15, 0.2) is 6.29 Å². The van der Waals surface area contributed by atoms with Gasteiger partial charge in [-0.25, -0.2) is 0 Å². The van der Waals surface area contributed by atoms with Crippen LogP contribution in [0.25, 0.3) is 0 Å². The van der Waals surface area contributed by atoms with Gasteiger partial charge in [0.1, 0.15) is 0 Å². The van der Waals surface area contributed by atoms with Crippen molar-refractivity contribution in [3.63, 3.8) is 0 Å². The van der Waals surface area contributed by atoms with Crippen molar-refractivity contribution in [2.45, 2.75) is 46.1 Å². The van der Waals surface area contributed by atoms with E-state index in [1.54, 1.807) is 6.20 Å². The van der Waals surface area contributed by atoms with Gasteiger partial charge >= 0.3 is 0 Å². The molecule has 0 bridgehead atoms. The van der Waals surface area contributed by atoms with E-state index in [0.717, 1.165) is 19.5 Å². The highest BCUT2D eigenvalue weighted by Gasteiger charge is 2.08. The van der Waals surface area contributed by atoms with Crippen LogP contribution in [-0.4, -0.2) is 41.9 Å². The van der Waals surface area contributed by atoms with Gasteiger partial charge in [0, 0.05) is 44.6 Å². The smallest absolute Gasteiger partial charge is 0.158 e. The topological polar surface area (TPSA) is 48.3 Å². The molecule has 5 nitrogen and oxygen atoms in total. The summed E-state index contributed by atoms with van der Waals surface area (Å²) in [4.78, 5) is 0. The fraction of sp³-hybridized carbons (Fsp3) is 0.769. The quantitative estimate of drug-likeness (QED) is 0.646. The first kappa shape index (κ1) is 15.1.